The number of urea groups is 1. The van der Waals surface area contributed by atoms with Gasteiger partial charge < -0.3 is 15.7 Å². The molecule has 0 saturated carbocycles. The van der Waals surface area contributed by atoms with E-state index in [9.17, 15) is 4.79 Å². The minimum atomic E-state index is -0.249. The van der Waals surface area contributed by atoms with Crippen molar-refractivity contribution in [3.8, 4) is 0 Å². The number of benzene rings is 1. The van der Waals surface area contributed by atoms with Gasteiger partial charge in [0.25, 0.3) is 0 Å². The van der Waals surface area contributed by atoms with Crippen molar-refractivity contribution in [3.05, 3.63) is 33.4 Å². The fraction of sp³-hybridized carbons (Fsp3) is 0.562. The fourth-order valence-corrected chi connectivity index (χ4v) is 2.33. The first-order valence-electron chi connectivity index (χ1n) is 7.00. The normalized spacial score (nSPS) is 12.2. The molecule has 0 aliphatic heterocycles. The van der Waals surface area contributed by atoms with Crippen LogP contribution in [0.1, 0.15) is 40.3 Å². The number of amides is 2. The highest BCUT2D eigenvalue weighted by atomic mass is 16.3. The van der Waals surface area contributed by atoms with Crippen LogP contribution in [0.2, 0.25) is 0 Å². The lowest BCUT2D eigenvalue weighted by Gasteiger charge is -2.19. The Morgan fingerprint density at radius 3 is 1.90 bits per heavy atom. The highest BCUT2D eigenvalue weighted by Crippen LogP contribution is 2.25. The molecule has 3 N–H and O–H groups in total. The molecule has 0 fully saturated rings. The fourth-order valence-electron chi connectivity index (χ4n) is 2.33. The molecule has 0 heterocycles. The second-order valence-electron chi connectivity index (χ2n) is 5.51. The zero-order valence-corrected chi connectivity index (χ0v) is 13.3. The van der Waals surface area contributed by atoms with Gasteiger partial charge in [0.1, 0.15) is 0 Å². The van der Waals surface area contributed by atoms with Crippen molar-refractivity contribution < 1.29 is 9.90 Å². The average molecular weight is 278 g/mol. The number of nitrogens with one attached hydrogen (secondary N) is 2. The van der Waals surface area contributed by atoms with Crippen LogP contribution < -0.4 is 10.6 Å². The minimum Gasteiger partial charge on any atom is -0.394 e. The predicted octanol–water partition coefficient (Wildman–Crippen LogP) is 2.41. The van der Waals surface area contributed by atoms with E-state index in [-0.39, 0.29) is 18.7 Å². The predicted molar refractivity (Wildman–Crippen MR) is 82.0 cm³/mol. The number of hydrogen-bond acceptors (Lipinski definition) is 2. The van der Waals surface area contributed by atoms with E-state index in [0.29, 0.717) is 6.54 Å². The Labute approximate surface area is 121 Å². The Morgan fingerprint density at radius 2 is 1.45 bits per heavy atom. The average Bonchev–Trinajstić information content (AvgIpc) is 2.42. The summed E-state index contributed by atoms with van der Waals surface area (Å²) in [5.74, 6) is 0. The van der Waals surface area contributed by atoms with Gasteiger partial charge in [-0.05, 0) is 74.9 Å². The molecule has 0 aliphatic carbocycles. The van der Waals surface area contributed by atoms with E-state index in [1.807, 2.05) is 0 Å². The van der Waals surface area contributed by atoms with Gasteiger partial charge in [-0.3, -0.25) is 0 Å². The molecule has 0 bridgehead atoms. The summed E-state index contributed by atoms with van der Waals surface area (Å²) in [5.41, 5.74) is 7.55. The number of carbonyl (C=O) groups excluding carboxylic acids is 1. The van der Waals surface area contributed by atoms with Gasteiger partial charge in [0.2, 0.25) is 0 Å². The molecule has 4 heteroatoms. The van der Waals surface area contributed by atoms with Gasteiger partial charge >= 0.3 is 6.03 Å². The molecule has 2 amide bonds. The molecule has 20 heavy (non-hydrogen) atoms. The molecule has 0 aliphatic rings. The van der Waals surface area contributed by atoms with E-state index >= 15 is 0 Å². The Balaban J connectivity index is 2.86. The van der Waals surface area contributed by atoms with Crippen molar-refractivity contribution in [1.82, 2.24) is 10.6 Å². The Hall–Kier alpha value is -1.55. The first kappa shape index (κ1) is 16.5. The number of aliphatic hydroxyl groups excluding tert-OH is 1. The van der Waals surface area contributed by atoms with Crippen molar-refractivity contribution in [2.75, 3.05) is 6.61 Å². The van der Waals surface area contributed by atoms with E-state index in [1.165, 1.54) is 33.4 Å². The van der Waals surface area contributed by atoms with Crippen molar-refractivity contribution in [2.45, 2.75) is 54.1 Å². The van der Waals surface area contributed by atoms with Crippen LogP contribution in [0.3, 0.4) is 0 Å². The van der Waals surface area contributed by atoms with Crippen molar-refractivity contribution in [2.24, 2.45) is 0 Å². The van der Waals surface area contributed by atoms with Crippen LogP contribution >= 0.6 is 0 Å². The molecule has 112 valence electrons. The van der Waals surface area contributed by atoms with E-state index in [2.05, 4.69) is 45.3 Å². The zero-order valence-electron chi connectivity index (χ0n) is 13.3. The highest BCUT2D eigenvalue weighted by Gasteiger charge is 2.13. The van der Waals surface area contributed by atoms with Crippen molar-refractivity contribution >= 4 is 6.03 Å². The summed E-state index contributed by atoms with van der Waals surface area (Å²) in [5, 5.41) is 14.5. The molecule has 0 spiro atoms. The van der Waals surface area contributed by atoms with E-state index in [0.717, 1.165) is 0 Å². The smallest absolute Gasteiger partial charge is 0.315 e. The number of hydrogen-bond donors (Lipinski definition) is 3. The van der Waals surface area contributed by atoms with Gasteiger partial charge in [-0.2, -0.15) is 0 Å². The van der Waals surface area contributed by atoms with Crippen LogP contribution in [0.25, 0.3) is 0 Å². The standard InChI is InChI=1S/C16H26N2O2/c1-9(8-19)18-16(20)17-7-15-13(5)11(3)10(2)12(4)14(15)6/h9,19H,7-8H2,1-6H3,(H2,17,18,20)/t9-/m0/s1. The third-order valence-electron chi connectivity index (χ3n) is 4.23. The monoisotopic (exact) mass is 278 g/mol. The van der Waals surface area contributed by atoms with Crippen LogP contribution in [0.5, 0.6) is 0 Å². The van der Waals surface area contributed by atoms with Crippen LogP contribution in [-0.4, -0.2) is 23.8 Å². The van der Waals surface area contributed by atoms with Gasteiger partial charge in [0.15, 0.2) is 0 Å². The lowest BCUT2D eigenvalue weighted by atomic mass is 9.89. The van der Waals surface area contributed by atoms with Gasteiger partial charge in [-0.1, -0.05) is 0 Å². The largest absolute Gasteiger partial charge is 0.394 e. The van der Waals surface area contributed by atoms with E-state index in [4.69, 9.17) is 5.11 Å². The first-order valence-corrected chi connectivity index (χ1v) is 7.00. The molecule has 0 saturated heterocycles. The van der Waals surface area contributed by atoms with Crippen molar-refractivity contribution in [3.63, 3.8) is 0 Å². The number of rotatable bonds is 4. The SMILES string of the molecule is Cc1c(C)c(C)c(CNC(=O)N[C@@H](C)CO)c(C)c1C. The molecule has 1 aromatic carbocycles. The Kier molecular flexibility index (Phi) is 5.57. The molecule has 4 nitrogen and oxygen atoms in total. The summed E-state index contributed by atoms with van der Waals surface area (Å²) in [6.45, 7) is 12.8. The lowest BCUT2D eigenvalue weighted by molar-refractivity contribution is 0.220. The molecule has 0 unspecified atom stereocenters. The maximum absolute atomic E-state index is 11.7. The third-order valence-corrected chi connectivity index (χ3v) is 4.23. The quantitative estimate of drug-likeness (QED) is 0.792. The Bertz CT molecular complexity index is 481. The van der Waals surface area contributed by atoms with Gasteiger partial charge in [0.05, 0.1) is 12.6 Å². The summed E-state index contributed by atoms with van der Waals surface area (Å²) < 4.78 is 0. The van der Waals surface area contributed by atoms with Crippen molar-refractivity contribution in [1.29, 1.82) is 0 Å². The van der Waals surface area contributed by atoms with Crippen LogP contribution in [0.4, 0.5) is 4.79 Å². The highest BCUT2D eigenvalue weighted by molar-refractivity contribution is 5.74. The molecule has 0 aromatic heterocycles. The minimum absolute atomic E-state index is 0.0613. The first-order chi connectivity index (χ1) is 9.29. The summed E-state index contributed by atoms with van der Waals surface area (Å²) in [6.07, 6.45) is 0. The molecule has 1 aromatic rings. The molecule has 1 rings (SSSR count). The summed E-state index contributed by atoms with van der Waals surface area (Å²) >= 11 is 0. The zero-order chi connectivity index (χ0) is 15.4. The van der Waals surface area contributed by atoms with Gasteiger partial charge in [0, 0.05) is 6.54 Å². The summed E-state index contributed by atoms with van der Waals surface area (Å²) in [4.78, 5) is 11.7. The van der Waals surface area contributed by atoms with Crippen LogP contribution in [-0.2, 0) is 6.54 Å². The second-order valence-corrected chi connectivity index (χ2v) is 5.51. The van der Waals surface area contributed by atoms with Gasteiger partial charge in [-0.25, -0.2) is 4.79 Å². The van der Waals surface area contributed by atoms with Crippen LogP contribution in [0, 0.1) is 34.6 Å². The second kappa shape index (κ2) is 6.75. The van der Waals surface area contributed by atoms with E-state index < -0.39 is 0 Å². The topological polar surface area (TPSA) is 61.4 Å². The third kappa shape index (κ3) is 3.51. The maximum Gasteiger partial charge on any atom is 0.315 e. The number of carbonyl (C=O) groups is 1. The number of aliphatic hydroxyl groups is 1. The summed E-state index contributed by atoms with van der Waals surface area (Å²) in [7, 11) is 0. The molecule has 0 radical (unpaired) electrons. The van der Waals surface area contributed by atoms with Gasteiger partial charge in [-0.15, -0.1) is 0 Å². The van der Waals surface area contributed by atoms with E-state index in [1.54, 1.807) is 6.92 Å². The maximum atomic E-state index is 11.7. The molecule has 1 atom stereocenters. The summed E-state index contributed by atoms with van der Waals surface area (Å²) in [6, 6.07) is -0.486. The van der Waals surface area contributed by atoms with Crippen LogP contribution in [0.15, 0.2) is 0 Å². The molecular weight excluding hydrogens is 252 g/mol. The molecular formula is C16H26N2O2. The Morgan fingerprint density at radius 1 is 1.00 bits per heavy atom. The lowest BCUT2D eigenvalue weighted by Crippen LogP contribution is -2.42.